The van der Waals surface area contributed by atoms with E-state index < -0.39 is 0 Å². The van der Waals surface area contributed by atoms with E-state index in [9.17, 15) is 5.26 Å². The Morgan fingerprint density at radius 2 is 1.96 bits per heavy atom. The fraction of sp³-hybridized carbons (Fsp3) is 0.238. The van der Waals surface area contributed by atoms with Crippen molar-refractivity contribution >= 4 is 5.82 Å². The molecule has 0 saturated carbocycles. The van der Waals surface area contributed by atoms with Crippen LogP contribution in [0.15, 0.2) is 48.8 Å². The van der Waals surface area contributed by atoms with E-state index in [1.165, 1.54) is 0 Å². The summed E-state index contributed by atoms with van der Waals surface area (Å²) in [5.41, 5.74) is 8.66. The predicted octanol–water partition coefficient (Wildman–Crippen LogP) is 3.26. The van der Waals surface area contributed by atoms with Crippen LogP contribution < -0.4 is 15.4 Å². The van der Waals surface area contributed by atoms with Crippen molar-refractivity contribution in [3.63, 3.8) is 0 Å². The number of hydrogen-bond acceptors (Lipinski definition) is 7. The monoisotopic (exact) mass is 372 g/mol. The van der Waals surface area contributed by atoms with Gasteiger partial charge in [0.15, 0.2) is 11.6 Å². The highest BCUT2D eigenvalue weighted by Gasteiger charge is 2.16. The second-order valence-electron chi connectivity index (χ2n) is 6.62. The molecule has 3 heterocycles. The zero-order valence-corrected chi connectivity index (χ0v) is 15.4. The Bertz CT molecular complexity index is 1010. The van der Waals surface area contributed by atoms with E-state index in [-0.39, 0.29) is 0 Å². The van der Waals surface area contributed by atoms with Crippen LogP contribution in [0.2, 0.25) is 0 Å². The van der Waals surface area contributed by atoms with E-state index in [2.05, 4.69) is 26.2 Å². The van der Waals surface area contributed by atoms with Crippen LogP contribution in [0.5, 0.6) is 11.5 Å². The Morgan fingerprint density at radius 1 is 1.11 bits per heavy atom. The number of hydrogen-bond donors (Lipinski definition) is 1. The molecule has 7 nitrogen and oxygen atoms in total. The molecule has 0 atom stereocenters. The number of nitrogens with zero attached hydrogens (tertiary/aromatic N) is 5. The van der Waals surface area contributed by atoms with Crippen molar-refractivity contribution in [2.75, 3.05) is 18.0 Å². The number of anilines is 1. The zero-order chi connectivity index (χ0) is 19.3. The molecule has 0 radical (unpaired) electrons. The zero-order valence-electron chi connectivity index (χ0n) is 15.4. The Morgan fingerprint density at radius 3 is 2.68 bits per heavy atom. The van der Waals surface area contributed by atoms with Crippen LogP contribution in [0.1, 0.15) is 24.0 Å². The van der Waals surface area contributed by atoms with Crippen molar-refractivity contribution in [1.82, 2.24) is 15.2 Å². The van der Waals surface area contributed by atoms with Crippen molar-refractivity contribution < 1.29 is 4.74 Å². The maximum atomic E-state index is 9.28. The second kappa shape index (κ2) is 8.03. The maximum Gasteiger partial charge on any atom is 0.154 e. The fourth-order valence-corrected chi connectivity index (χ4v) is 3.21. The van der Waals surface area contributed by atoms with Gasteiger partial charge in [-0.05, 0) is 42.7 Å². The molecule has 1 aromatic carbocycles. The Kier molecular flexibility index (Phi) is 5.13. The summed E-state index contributed by atoms with van der Waals surface area (Å²) >= 11 is 0. The molecule has 0 bridgehead atoms. The number of rotatable bonds is 5. The van der Waals surface area contributed by atoms with Gasteiger partial charge >= 0.3 is 0 Å². The van der Waals surface area contributed by atoms with Crippen molar-refractivity contribution in [2.24, 2.45) is 5.73 Å². The van der Waals surface area contributed by atoms with Gasteiger partial charge in [-0.3, -0.25) is 4.98 Å². The van der Waals surface area contributed by atoms with Gasteiger partial charge in [0, 0.05) is 37.5 Å². The van der Waals surface area contributed by atoms with Crippen molar-refractivity contribution in [1.29, 1.82) is 5.26 Å². The number of nitrogens with two attached hydrogens (primary N) is 1. The molecule has 2 aromatic heterocycles. The quantitative estimate of drug-likeness (QED) is 0.733. The highest BCUT2D eigenvalue weighted by atomic mass is 16.5. The summed E-state index contributed by atoms with van der Waals surface area (Å²) < 4.78 is 6.12. The molecular formula is C21H20N6O. The largest absolute Gasteiger partial charge is 0.455 e. The van der Waals surface area contributed by atoms with Gasteiger partial charge in [0.1, 0.15) is 5.75 Å². The lowest BCUT2D eigenvalue weighted by atomic mass is 10.1. The van der Waals surface area contributed by atoms with E-state index >= 15 is 0 Å². The summed E-state index contributed by atoms with van der Waals surface area (Å²) in [6, 6.07) is 13.2. The Balaban J connectivity index is 1.68. The number of aromatic nitrogens is 3. The van der Waals surface area contributed by atoms with Crippen LogP contribution >= 0.6 is 0 Å². The van der Waals surface area contributed by atoms with Crippen molar-refractivity contribution in [2.45, 2.75) is 19.4 Å². The lowest BCUT2D eigenvalue weighted by molar-refractivity contribution is 0.479. The molecule has 0 amide bonds. The molecular weight excluding hydrogens is 352 g/mol. The molecule has 4 rings (SSSR count). The first-order valence-corrected chi connectivity index (χ1v) is 9.22. The first-order valence-electron chi connectivity index (χ1n) is 9.22. The van der Waals surface area contributed by atoms with Gasteiger partial charge in [-0.25, -0.2) is 0 Å². The number of nitriles is 1. The normalized spacial score (nSPS) is 13.4. The molecule has 3 aromatic rings. The number of benzene rings is 1. The molecule has 0 aliphatic carbocycles. The number of pyridine rings is 1. The molecule has 0 spiro atoms. The third-order valence-electron chi connectivity index (χ3n) is 4.72. The van der Waals surface area contributed by atoms with Crippen LogP contribution in [0.3, 0.4) is 0 Å². The van der Waals surface area contributed by atoms with Gasteiger partial charge in [-0.2, -0.15) is 10.4 Å². The summed E-state index contributed by atoms with van der Waals surface area (Å²) in [4.78, 5) is 6.67. The van der Waals surface area contributed by atoms with E-state index in [0.717, 1.165) is 48.6 Å². The highest BCUT2D eigenvalue weighted by molar-refractivity contribution is 5.69. The lowest BCUT2D eigenvalue weighted by Gasteiger charge is -2.16. The average Bonchev–Trinajstić information content (AvgIpc) is 3.29. The average molecular weight is 372 g/mol. The van der Waals surface area contributed by atoms with Gasteiger partial charge < -0.3 is 15.4 Å². The molecule has 140 valence electrons. The van der Waals surface area contributed by atoms with E-state index in [4.69, 9.17) is 10.5 Å². The minimum absolute atomic E-state index is 0.436. The third-order valence-corrected chi connectivity index (χ3v) is 4.72. The van der Waals surface area contributed by atoms with Gasteiger partial charge in [-0.15, -0.1) is 5.10 Å². The first-order chi connectivity index (χ1) is 13.8. The smallest absolute Gasteiger partial charge is 0.154 e. The van der Waals surface area contributed by atoms with E-state index in [0.29, 0.717) is 23.6 Å². The summed E-state index contributed by atoms with van der Waals surface area (Å²) in [6.07, 6.45) is 5.64. The molecule has 1 aliphatic rings. The molecule has 1 saturated heterocycles. The summed E-state index contributed by atoms with van der Waals surface area (Å²) in [6.45, 7) is 2.39. The standard InChI is InChI=1S/C21H20N6O/c22-11-15-3-5-18(19-6-4-16(12-23)13-24-19)20(9-15)28-17-10-21(26-25-14-17)27-7-1-2-8-27/h3-6,9-10,13-14H,1-2,7-8,12,23H2. The fourth-order valence-electron chi connectivity index (χ4n) is 3.21. The van der Waals surface area contributed by atoms with Crippen LogP contribution in [0.4, 0.5) is 5.82 Å². The van der Waals surface area contributed by atoms with Gasteiger partial charge in [0.25, 0.3) is 0 Å². The van der Waals surface area contributed by atoms with Crippen LogP contribution in [0.25, 0.3) is 11.3 Å². The molecule has 0 unspecified atom stereocenters. The molecule has 28 heavy (non-hydrogen) atoms. The molecule has 1 aliphatic heterocycles. The first kappa shape index (κ1) is 17.9. The topological polar surface area (TPSA) is 101 Å². The minimum Gasteiger partial charge on any atom is -0.455 e. The summed E-state index contributed by atoms with van der Waals surface area (Å²) in [5, 5.41) is 17.6. The van der Waals surface area contributed by atoms with Crippen molar-refractivity contribution in [3.8, 4) is 28.8 Å². The summed E-state index contributed by atoms with van der Waals surface area (Å²) in [5.74, 6) is 1.93. The van der Waals surface area contributed by atoms with E-state index in [1.807, 2.05) is 24.3 Å². The van der Waals surface area contributed by atoms with Gasteiger partial charge in [0.05, 0.1) is 23.5 Å². The Hall–Kier alpha value is -3.50. The van der Waals surface area contributed by atoms with Crippen molar-refractivity contribution in [3.05, 3.63) is 59.9 Å². The molecule has 2 N–H and O–H groups in total. The molecule has 1 fully saturated rings. The van der Waals surface area contributed by atoms with Crippen LogP contribution in [0, 0.1) is 11.3 Å². The van der Waals surface area contributed by atoms with Gasteiger partial charge in [0.2, 0.25) is 0 Å². The molecule has 7 heteroatoms. The third kappa shape index (κ3) is 3.77. The van der Waals surface area contributed by atoms with Crippen LogP contribution in [-0.2, 0) is 6.54 Å². The second-order valence-corrected chi connectivity index (χ2v) is 6.62. The number of ether oxygens (including phenoxy) is 1. The predicted molar refractivity (Wildman–Crippen MR) is 106 cm³/mol. The summed E-state index contributed by atoms with van der Waals surface area (Å²) in [7, 11) is 0. The van der Waals surface area contributed by atoms with E-state index in [1.54, 1.807) is 24.5 Å². The highest BCUT2D eigenvalue weighted by Crippen LogP contribution is 2.34. The van der Waals surface area contributed by atoms with Gasteiger partial charge in [-0.1, -0.05) is 6.07 Å². The lowest BCUT2D eigenvalue weighted by Crippen LogP contribution is -2.19. The van der Waals surface area contributed by atoms with Crippen LogP contribution in [-0.4, -0.2) is 28.3 Å². The maximum absolute atomic E-state index is 9.28. The SMILES string of the molecule is N#Cc1ccc(-c2ccc(CN)cn2)c(Oc2cnnc(N3CCCC3)c2)c1. The Labute approximate surface area is 163 Å². The minimum atomic E-state index is 0.436.